The zero-order valence-corrected chi connectivity index (χ0v) is 13.4. The minimum atomic E-state index is 0.0963. The standard InChI is InChI=1S/C13H17N3OS2/c1-7-8(2)19-13-11(7)12(14-9(3)15-13)18-6-10(17)16(4)5/h6H2,1-5H3. The second kappa shape index (κ2) is 5.46. The van der Waals surface area contributed by atoms with Gasteiger partial charge in [-0.25, -0.2) is 9.97 Å². The van der Waals surface area contributed by atoms with E-state index in [2.05, 4.69) is 23.8 Å². The van der Waals surface area contributed by atoms with Crippen LogP contribution in [0.25, 0.3) is 10.2 Å². The Labute approximate surface area is 121 Å². The highest BCUT2D eigenvalue weighted by Gasteiger charge is 2.15. The Balaban J connectivity index is 2.39. The number of carbonyl (C=O) groups excluding carboxylic acids is 1. The van der Waals surface area contributed by atoms with Crippen LogP contribution in [0, 0.1) is 20.8 Å². The average molecular weight is 295 g/mol. The van der Waals surface area contributed by atoms with E-state index < -0.39 is 0 Å². The minimum absolute atomic E-state index is 0.0963. The van der Waals surface area contributed by atoms with Crippen LogP contribution in [0.5, 0.6) is 0 Å². The maximum Gasteiger partial charge on any atom is 0.232 e. The largest absolute Gasteiger partial charge is 0.348 e. The van der Waals surface area contributed by atoms with Gasteiger partial charge in [0.2, 0.25) is 5.91 Å². The van der Waals surface area contributed by atoms with Crippen molar-refractivity contribution in [2.24, 2.45) is 0 Å². The van der Waals surface area contributed by atoms with Gasteiger partial charge in [0.05, 0.1) is 5.75 Å². The quantitative estimate of drug-likeness (QED) is 0.645. The molecule has 0 N–H and O–H groups in total. The summed E-state index contributed by atoms with van der Waals surface area (Å²) >= 11 is 3.18. The number of carbonyl (C=O) groups is 1. The monoisotopic (exact) mass is 295 g/mol. The van der Waals surface area contributed by atoms with E-state index in [9.17, 15) is 4.79 Å². The lowest BCUT2D eigenvalue weighted by atomic mass is 10.2. The highest BCUT2D eigenvalue weighted by Crippen LogP contribution is 2.34. The summed E-state index contributed by atoms with van der Waals surface area (Å²) in [6.07, 6.45) is 0. The van der Waals surface area contributed by atoms with Crippen LogP contribution in [0.3, 0.4) is 0 Å². The molecule has 2 aromatic rings. The smallest absolute Gasteiger partial charge is 0.232 e. The van der Waals surface area contributed by atoms with E-state index >= 15 is 0 Å². The number of amides is 1. The number of thioether (sulfide) groups is 1. The Bertz CT molecular complexity index is 634. The predicted octanol–water partition coefficient (Wildman–Crippen LogP) is 2.80. The zero-order chi connectivity index (χ0) is 14.2. The van der Waals surface area contributed by atoms with Gasteiger partial charge in [-0.3, -0.25) is 4.79 Å². The molecule has 6 heteroatoms. The van der Waals surface area contributed by atoms with Crippen LogP contribution in [0.2, 0.25) is 0 Å². The summed E-state index contributed by atoms with van der Waals surface area (Å²) in [4.78, 5) is 24.5. The SMILES string of the molecule is Cc1nc(SCC(=O)N(C)C)c2c(C)c(C)sc2n1. The number of rotatable bonds is 3. The molecule has 1 amide bonds. The average Bonchev–Trinajstić information content (AvgIpc) is 2.61. The number of hydrogen-bond donors (Lipinski definition) is 0. The Hall–Kier alpha value is -1.14. The molecule has 4 nitrogen and oxygen atoms in total. The Morgan fingerprint density at radius 1 is 1.26 bits per heavy atom. The van der Waals surface area contributed by atoms with Crippen molar-refractivity contribution >= 4 is 39.2 Å². The van der Waals surface area contributed by atoms with Gasteiger partial charge in [-0.05, 0) is 26.3 Å². The van der Waals surface area contributed by atoms with Gasteiger partial charge < -0.3 is 4.90 Å². The molecular formula is C13H17N3OS2. The van der Waals surface area contributed by atoms with Crippen LogP contribution in [0.4, 0.5) is 0 Å². The molecule has 0 unspecified atom stereocenters. The summed E-state index contributed by atoms with van der Waals surface area (Å²) < 4.78 is 0. The van der Waals surface area contributed by atoms with E-state index in [0.29, 0.717) is 5.75 Å². The molecule has 0 aliphatic carbocycles. The maximum atomic E-state index is 11.7. The van der Waals surface area contributed by atoms with Crippen LogP contribution < -0.4 is 0 Å². The number of thiophene rings is 1. The molecule has 102 valence electrons. The predicted molar refractivity (Wildman–Crippen MR) is 81.0 cm³/mol. The maximum absolute atomic E-state index is 11.7. The normalized spacial score (nSPS) is 11.0. The summed E-state index contributed by atoms with van der Waals surface area (Å²) in [7, 11) is 3.54. The lowest BCUT2D eigenvalue weighted by molar-refractivity contribution is -0.125. The van der Waals surface area contributed by atoms with Crippen molar-refractivity contribution in [3.63, 3.8) is 0 Å². The van der Waals surface area contributed by atoms with Gasteiger partial charge >= 0.3 is 0 Å². The molecule has 0 radical (unpaired) electrons. The van der Waals surface area contributed by atoms with Crippen LogP contribution in [-0.2, 0) is 4.79 Å². The molecule has 19 heavy (non-hydrogen) atoms. The first-order valence-electron chi connectivity index (χ1n) is 5.97. The van der Waals surface area contributed by atoms with Crippen molar-refractivity contribution in [2.75, 3.05) is 19.8 Å². The van der Waals surface area contributed by atoms with Crippen molar-refractivity contribution in [1.29, 1.82) is 0 Å². The molecule has 2 rings (SSSR count). The van der Waals surface area contributed by atoms with Gasteiger partial charge in [-0.1, -0.05) is 11.8 Å². The second-order valence-electron chi connectivity index (χ2n) is 4.62. The molecule has 0 bridgehead atoms. The first kappa shape index (κ1) is 14.3. The lowest BCUT2D eigenvalue weighted by Crippen LogP contribution is -2.23. The summed E-state index contributed by atoms with van der Waals surface area (Å²) in [5, 5.41) is 2.02. The molecule has 0 saturated heterocycles. The summed E-state index contributed by atoms with van der Waals surface area (Å²) in [5.41, 5.74) is 1.22. The van der Waals surface area contributed by atoms with Gasteiger partial charge in [0, 0.05) is 24.4 Å². The number of aryl methyl sites for hydroxylation is 3. The van der Waals surface area contributed by atoms with Crippen LogP contribution >= 0.6 is 23.1 Å². The molecule has 0 fully saturated rings. The Kier molecular flexibility index (Phi) is 4.10. The summed E-state index contributed by atoms with van der Waals surface area (Å²) in [6.45, 7) is 6.07. The Morgan fingerprint density at radius 2 is 1.95 bits per heavy atom. The van der Waals surface area contributed by atoms with E-state index in [1.807, 2.05) is 6.92 Å². The molecule has 0 atom stereocenters. The molecule has 0 spiro atoms. The van der Waals surface area contributed by atoms with Crippen LogP contribution in [0.15, 0.2) is 5.03 Å². The molecular weight excluding hydrogens is 278 g/mol. The molecule has 0 aliphatic heterocycles. The fourth-order valence-electron chi connectivity index (χ4n) is 1.68. The van der Waals surface area contributed by atoms with Crippen molar-refractivity contribution in [2.45, 2.75) is 25.8 Å². The molecule has 0 saturated carbocycles. The highest BCUT2D eigenvalue weighted by molar-refractivity contribution is 8.00. The lowest BCUT2D eigenvalue weighted by Gasteiger charge is -2.10. The summed E-state index contributed by atoms with van der Waals surface area (Å²) in [5.74, 6) is 1.26. The fourth-order valence-corrected chi connectivity index (χ4v) is 3.93. The third kappa shape index (κ3) is 2.90. The van der Waals surface area contributed by atoms with Crippen molar-refractivity contribution in [3.8, 4) is 0 Å². The number of aromatic nitrogens is 2. The second-order valence-corrected chi connectivity index (χ2v) is 6.78. The number of hydrogen-bond acceptors (Lipinski definition) is 5. The molecule has 2 aromatic heterocycles. The summed E-state index contributed by atoms with van der Waals surface area (Å²) in [6, 6.07) is 0. The number of fused-ring (bicyclic) bond motifs is 1. The molecule has 2 heterocycles. The molecule has 0 aliphatic rings. The Morgan fingerprint density at radius 3 is 2.58 bits per heavy atom. The first-order chi connectivity index (χ1) is 8.90. The topological polar surface area (TPSA) is 46.1 Å². The minimum Gasteiger partial charge on any atom is -0.348 e. The third-order valence-corrected chi connectivity index (χ3v) is 5.00. The van der Waals surface area contributed by atoms with Gasteiger partial charge in [0.1, 0.15) is 15.7 Å². The van der Waals surface area contributed by atoms with Crippen LogP contribution in [-0.4, -0.2) is 40.6 Å². The van der Waals surface area contributed by atoms with Crippen molar-refractivity contribution in [1.82, 2.24) is 14.9 Å². The van der Waals surface area contributed by atoms with E-state index in [0.717, 1.165) is 21.1 Å². The molecule has 0 aromatic carbocycles. The van der Waals surface area contributed by atoms with Gasteiger partial charge in [0.25, 0.3) is 0 Å². The van der Waals surface area contributed by atoms with Crippen molar-refractivity contribution in [3.05, 3.63) is 16.3 Å². The number of nitrogens with zero attached hydrogens (tertiary/aromatic N) is 3. The third-order valence-electron chi connectivity index (χ3n) is 2.94. The van der Waals surface area contributed by atoms with Crippen LogP contribution in [0.1, 0.15) is 16.3 Å². The van der Waals surface area contributed by atoms with E-state index in [1.165, 1.54) is 22.2 Å². The zero-order valence-electron chi connectivity index (χ0n) is 11.8. The highest BCUT2D eigenvalue weighted by atomic mass is 32.2. The van der Waals surface area contributed by atoms with Crippen molar-refractivity contribution < 1.29 is 4.79 Å². The first-order valence-corrected chi connectivity index (χ1v) is 7.77. The van der Waals surface area contributed by atoms with E-state index in [1.54, 1.807) is 30.3 Å². The van der Waals surface area contributed by atoms with E-state index in [-0.39, 0.29) is 5.91 Å². The van der Waals surface area contributed by atoms with E-state index in [4.69, 9.17) is 0 Å². The van der Waals surface area contributed by atoms with Gasteiger partial charge in [-0.2, -0.15) is 0 Å². The van der Waals surface area contributed by atoms with Gasteiger partial charge in [-0.15, -0.1) is 11.3 Å². The van der Waals surface area contributed by atoms with Gasteiger partial charge in [0.15, 0.2) is 0 Å². The fraction of sp³-hybridized carbons (Fsp3) is 0.462.